The third-order valence-electron chi connectivity index (χ3n) is 1.15. The summed E-state index contributed by atoms with van der Waals surface area (Å²) in [5.74, 6) is 0.597. The van der Waals surface area contributed by atoms with Crippen LogP contribution < -0.4 is 0 Å². The average Bonchev–Trinajstić information content (AvgIpc) is 2.35. The first-order chi connectivity index (χ1) is 5.22. The van der Waals surface area contributed by atoms with E-state index in [-0.39, 0.29) is 0 Å². The second kappa shape index (κ2) is 3.39. The minimum Gasteiger partial charge on any atom is -0.445 e. The molecule has 0 saturated heterocycles. The van der Waals surface area contributed by atoms with E-state index in [0.717, 1.165) is 6.29 Å². The van der Waals surface area contributed by atoms with Gasteiger partial charge in [-0.3, -0.25) is 4.79 Å². The third-order valence-corrected chi connectivity index (χ3v) is 1.35. The van der Waals surface area contributed by atoms with Crippen molar-refractivity contribution < 1.29 is 9.21 Å². The van der Waals surface area contributed by atoms with E-state index in [1.165, 1.54) is 0 Å². The minimum atomic E-state index is 0.329. The van der Waals surface area contributed by atoms with E-state index in [0.29, 0.717) is 16.6 Å². The van der Waals surface area contributed by atoms with E-state index < -0.39 is 0 Å². The Balaban J connectivity index is 2.86. The van der Waals surface area contributed by atoms with Gasteiger partial charge in [-0.2, -0.15) is 0 Å². The lowest BCUT2D eigenvalue weighted by Crippen LogP contribution is -1.73. The molecule has 0 atom stereocenters. The maximum Gasteiger partial charge on any atom is 0.193 e. The molecule has 0 fully saturated rings. The van der Waals surface area contributed by atoms with Crippen molar-refractivity contribution in [2.45, 2.75) is 6.92 Å². The van der Waals surface area contributed by atoms with E-state index in [1.54, 1.807) is 25.1 Å². The molecule has 0 unspecified atom stereocenters. The summed E-state index contributed by atoms with van der Waals surface area (Å²) in [6.07, 6.45) is 2.38. The van der Waals surface area contributed by atoms with Crippen LogP contribution in [0.4, 0.5) is 0 Å². The van der Waals surface area contributed by atoms with Gasteiger partial charge in [-0.15, -0.1) is 0 Å². The Morgan fingerprint density at radius 3 is 2.82 bits per heavy atom. The van der Waals surface area contributed by atoms with Gasteiger partial charge in [0.15, 0.2) is 5.22 Å². The van der Waals surface area contributed by atoms with Crippen molar-refractivity contribution in [3.8, 4) is 0 Å². The molecular formula is C8H7ClO2. The fourth-order valence-corrected chi connectivity index (χ4v) is 0.816. The molecule has 1 rings (SSSR count). The Morgan fingerprint density at radius 2 is 2.36 bits per heavy atom. The zero-order valence-corrected chi connectivity index (χ0v) is 6.76. The monoisotopic (exact) mass is 170 g/mol. The molecule has 0 aliphatic carbocycles. The Bertz CT molecular complexity index is 286. The lowest BCUT2D eigenvalue weighted by molar-refractivity contribution is -0.104. The van der Waals surface area contributed by atoms with Crippen molar-refractivity contribution in [3.05, 3.63) is 28.7 Å². The van der Waals surface area contributed by atoms with Crippen molar-refractivity contribution in [3.63, 3.8) is 0 Å². The zero-order valence-electron chi connectivity index (χ0n) is 6.00. The molecule has 2 nitrogen and oxygen atoms in total. The van der Waals surface area contributed by atoms with Gasteiger partial charge in [-0.1, -0.05) is 0 Å². The van der Waals surface area contributed by atoms with Gasteiger partial charge < -0.3 is 4.42 Å². The molecule has 0 bridgehead atoms. The van der Waals surface area contributed by atoms with Crippen molar-refractivity contribution >= 4 is 24.0 Å². The van der Waals surface area contributed by atoms with Crippen LogP contribution in [0.1, 0.15) is 12.7 Å². The van der Waals surface area contributed by atoms with Crippen LogP contribution in [0.5, 0.6) is 0 Å². The molecule has 0 aliphatic heterocycles. The number of hydrogen-bond donors (Lipinski definition) is 0. The van der Waals surface area contributed by atoms with Crippen molar-refractivity contribution in [1.29, 1.82) is 0 Å². The van der Waals surface area contributed by atoms with Crippen molar-refractivity contribution in [2.75, 3.05) is 0 Å². The van der Waals surface area contributed by atoms with E-state index in [9.17, 15) is 4.79 Å². The summed E-state index contributed by atoms with van der Waals surface area (Å²) in [4.78, 5) is 10.2. The number of allylic oxidation sites excluding steroid dienone is 1. The molecule has 3 heteroatoms. The van der Waals surface area contributed by atoms with Gasteiger partial charge in [0.05, 0.1) is 0 Å². The van der Waals surface area contributed by atoms with Gasteiger partial charge >= 0.3 is 0 Å². The number of aldehydes is 1. The van der Waals surface area contributed by atoms with Crippen LogP contribution in [0, 0.1) is 0 Å². The average molecular weight is 171 g/mol. The lowest BCUT2D eigenvalue weighted by Gasteiger charge is -1.84. The van der Waals surface area contributed by atoms with E-state index in [4.69, 9.17) is 16.0 Å². The molecule has 0 amide bonds. The SMILES string of the molecule is CC(C=O)=Cc1ccc(Cl)o1. The predicted molar refractivity (Wildman–Crippen MR) is 43.4 cm³/mol. The van der Waals surface area contributed by atoms with Gasteiger partial charge in [0.1, 0.15) is 12.0 Å². The number of carbonyl (C=O) groups excluding carboxylic acids is 1. The van der Waals surface area contributed by atoms with Crippen LogP contribution in [0.2, 0.25) is 5.22 Å². The zero-order chi connectivity index (χ0) is 8.27. The number of halogens is 1. The lowest BCUT2D eigenvalue weighted by atomic mass is 10.3. The largest absolute Gasteiger partial charge is 0.445 e. The second-order valence-corrected chi connectivity index (χ2v) is 2.52. The maximum absolute atomic E-state index is 10.2. The molecular weight excluding hydrogens is 164 g/mol. The highest BCUT2D eigenvalue weighted by Crippen LogP contribution is 2.15. The Kier molecular flexibility index (Phi) is 2.49. The molecule has 11 heavy (non-hydrogen) atoms. The highest BCUT2D eigenvalue weighted by molar-refractivity contribution is 6.28. The second-order valence-electron chi connectivity index (χ2n) is 2.15. The summed E-state index contributed by atoms with van der Waals surface area (Å²) in [6, 6.07) is 3.33. The highest BCUT2D eigenvalue weighted by Gasteiger charge is 1.95. The van der Waals surface area contributed by atoms with Crippen LogP contribution in [-0.4, -0.2) is 6.29 Å². The van der Waals surface area contributed by atoms with Gasteiger partial charge in [0.2, 0.25) is 0 Å². The Hall–Kier alpha value is -1.02. The van der Waals surface area contributed by atoms with Crippen molar-refractivity contribution in [2.24, 2.45) is 0 Å². The fourth-order valence-electron chi connectivity index (χ4n) is 0.664. The van der Waals surface area contributed by atoms with Crippen molar-refractivity contribution in [1.82, 2.24) is 0 Å². The Labute approximate surface area is 69.5 Å². The summed E-state index contributed by atoms with van der Waals surface area (Å²) < 4.78 is 4.99. The number of rotatable bonds is 2. The predicted octanol–water partition coefficient (Wildman–Crippen LogP) is 2.54. The first-order valence-corrected chi connectivity index (χ1v) is 3.49. The van der Waals surface area contributed by atoms with E-state index in [1.807, 2.05) is 0 Å². The van der Waals surface area contributed by atoms with Crippen LogP contribution >= 0.6 is 11.6 Å². The minimum absolute atomic E-state index is 0.329. The van der Waals surface area contributed by atoms with Gasteiger partial charge in [0, 0.05) is 0 Å². The quantitative estimate of drug-likeness (QED) is 0.504. The summed E-state index contributed by atoms with van der Waals surface area (Å²) in [6.45, 7) is 1.70. The fraction of sp³-hybridized carbons (Fsp3) is 0.125. The highest BCUT2D eigenvalue weighted by atomic mass is 35.5. The van der Waals surface area contributed by atoms with Gasteiger partial charge in [-0.25, -0.2) is 0 Å². The summed E-state index contributed by atoms with van der Waals surface area (Å²) in [5, 5.41) is 0.329. The Morgan fingerprint density at radius 1 is 1.64 bits per heavy atom. The van der Waals surface area contributed by atoms with Gasteiger partial charge in [-0.05, 0) is 42.3 Å². The van der Waals surface area contributed by atoms with Crippen LogP contribution in [-0.2, 0) is 4.79 Å². The van der Waals surface area contributed by atoms with Crippen LogP contribution in [0.15, 0.2) is 22.1 Å². The normalized spacial score (nSPS) is 11.6. The molecule has 1 aromatic rings. The summed E-state index contributed by atoms with van der Waals surface area (Å²) in [5.41, 5.74) is 0.607. The topological polar surface area (TPSA) is 30.2 Å². The first kappa shape index (κ1) is 8.08. The third kappa shape index (κ3) is 2.24. The number of hydrogen-bond acceptors (Lipinski definition) is 2. The maximum atomic E-state index is 10.2. The smallest absolute Gasteiger partial charge is 0.193 e. The number of furan rings is 1. The molecule has 1 heterocycles. The van der Waals surface area contributed by atoms with E-state index >= 15 is 0 Å². The standard InChI is InChI=1S/C8H7ClO2/c1-6(5-10)4-7-2-3-8(9)11-7/h2-5H,1H3. The molecule has 0 saturated carbocycles. The van der Waals surface area contributed by atoms with E-state index in [2.05, 4.69) is 0 Å². The molecule has 0 N–H and O–H groups in total. The summed E-state index contributed by atoms with van der Waals surface area (Å²) in [7, 11) is 0. The van der Waals surface area contributed by atoms with Crippen LogP contribution in [0.25, 0.3) is 6.08 Å². The summed E-state index contributed by atoms with van der Waals surface area (Å²) >= 11 is 5.50. The molecule has 0 aromatic carbocycles. The molecule has 1 aromatic heterocycles. The number of carbonyl (C=O) groups is 1. The van der Waals surface area contributed by atoms with Crippen LogP contribution in [0.3, 0.4) is 0 Å². The molecule has 0 spiro atoms. The molecule has 0 radical (unpaired) electrons. The first-order valence-electron chi connectivity index (χ1n) is 3.11. The molecule has 58 valence electrons. The molecule has 0 aliphatic rings. The van der Waals surface area contributed by atoms with Gasteiger partial charge in [0.25, 0.3) is 0 Å².